The molecule has 0 aromatic heterocycles. The molecule has 0 aliphatic carbocycles. The molecule has 0 amide bonds. The maximum atomic E-state index is 13.2. The molecule has 3 heteroatoms. The number of unbranched alkanes of at least 4 members (excludes halogenated alkanes) is 3. The van der Waals surface area contributed by atoms with Gasteiger partial charge >= 0.3 is 0 Å². The van der Waals surface area contributed by atoms with E-state index in [9.17, 15) is 8.78 Å². The Kier molecular flexibility index (Phi) is 7.65. The van der Waals surface area contributed by atoms with Crippen LogP contribution in [0.25, 0.3) is 0 Å². The van der Waals surface area contributed by atoms with Gasteiger partial charge < -0.3 is 5.32 Å². The molecule has 1 atom stereocenters. The zero-order valence-electron chi connectivity index (χ0n) is 12.0. The lowest BCUT2D eigenvalue weighted by atomic mass is 10.00. The third-order valence-electron chi connectivity index (χ3n) is 3.30. The van der Waals surface area contributed by atoms with Gasteiger partial charge in [0.2, 0.25) is 0 Å². The lowest BCUT2D eigenvalue weighted by molar-refractivity contribution is 0.461. The Morgan fingerprint density at radius 3 is 2.26 bits per heavy atom. The maximum Gasteiger partial charge on any atom is 0.126 e. The predicted octanol–water partition coefficient (Wildman–Crippen LogP) is 4.46. The van der Waals surface area contributed by atoms with Crippen LogP contribution in [0.3, 0.4) is 0 Å². The Labute approximate surface area is 115 Å². The van der Waals surface area contributed by atoms with Crippen molar-refractivity contribution in [3.05, 3.63) is 35.4 Å². The van der Waals surface area contributed by atoms with Crippen LogP contribution in [0.4, 0.5) is 8.78 Å². The van der Waals surface area contributed by atoms with Gasteiger partial charge in [-0.05, 0) is 37.1 Å². The van der Waals surface area contributed by atoms with Gasteiger partial charge in [0.15, 0.2) is 0 Å². The van der Waals surface area contributed by atoms with Gasteiger partial charge in [-0.1, -0.05) is 39.5 Å². The van der Waals surface area contributed by atoms with E-state index in [1.54, 1.807) is 0 Å². The molecule has 1 nitrogen and oxygen atoms in total. The lowest BCUT2D eigenvalue weighted by Gasteiger charge is -2.18. The van der Waals surface area contributed by atoms with Crippen molar-refractivity contribution in [2.24, 2.45) is 0 Å². The largest absolute Gasteiger partial charge is 0.314 e. The standard InChI is InChI=1S/C16H25F2N/c1-3-5-6-7-8-16(19-4-2)11-13-9-14(17)12-15(18)10-13/h9-10,12,16,19H,3-8,11H2,1-2H3. The lowest BCUT2D eigenvalue weighted by Crippen LogP contribution is -2.31. The third kappa shape index (κ3) is 6.67. The normalized spacial score (nSPS) is 12.6. The topological polar surface area (TPSA) is 12.0 Å². The number of nitrogens with one attached hydrogen (secondary N) is 1. The van der Waals surface area contributed by atoms with Crippen molar-refractivity contribution in [1.29, 1.82) is 0 Å². The first kappa shape index (κ1) is 16.1. The number of hydrogen-bond acceptors (Lipinski definition) is 1. The summed E-state index contributed by atoms with van der Waals surface area (Å²) in [7, 11) is 0. The summed E-state index contributed by atoms with van der Waals surface area (Å²) in [5.74, 6) is -0.979. The van der Waals surface area contributed by atoms with Crippen molar-refractivity contribution in [2.45, 2.75) is 58.4 Å². The summed E-state index contributed by atoms with van der Waals surface area (Å²) in [5.41, 5.74) is 0.735. The Hall–Kier alpha value is -0.960. The van der Waals surface area contributed by atoms with Gasteiger partial charge in [-0.15, -0.1) is 0 Å². The molecule has 0 radical (unpaired) electrons. The average Bonchev–Trinajstić information content (AvgIpc) is 2.33. The average molecular weight is 269 g/mol. The van der Waals surface area contributed by atoms with Gasteiger partial charge in [-0.2, -0.15) is 0 Å². The monoisotopic (exact) mass is 269 g/mol. The van der Waals surface area contributed by atoms with Crippen LogP contribution < -0.4 is 5.32 Å². The summed E-state index contributed by atoms with van der Waals surface area (Å²) in [5, 5.41) is 3.40. The van der Waals surface area contributed by atoms with Crippen molar-refractivity contribution < 1.29 is 8.78 Å². The van der Waals surface area contributed by atoms with Gasteiger partial charge in [0.1, 0.15) is 11.6 Å². The molecule has 0 spiro atoms. The summed E-state index contributed by atoms with van der Waals surface area (Å²) in [6.07, 6.45) is 6.63. The minimum atomic E-state index is -0.490. The van der Waals surface area contributed by atoms with Crippen molar-refractivity contribution in [2.75, 3.05) is 6.54 Å². The van der Waals surface area contributed by atoms with Crippen molar-refractivity contribution in [3.8, 4) is 0 Å². The molecule has 1 rings (SSSR count). The second-order valence-corrected chi connectivity index (χ2v) is 5.09. The highest BCUT2D eigenvalue weighted by Gasteiger charge is 2.10. The van der Waals surface area contributed by atoms with E-state index in [1.165, 1.54) is 37.8 Å². The summed E-state index contributed by atoms with van der Waals surface area (Å²) < 4.78 is 26.3. The van der Waals surface area contributed by atoms with Gasteiger partial charge in [0, 0.05) is 12.1 Å². The van der Waals surface area contributed by atoms with E-state index < -0.39 is 11.6 Å². The zero-order valence-corrected chi connectivity index (χ0v) is 12.0. The Bertz CT molecular complexity index is 346. The van der Waals surface area contributed by atoms with Crippen LogP contribution >= 0.6 is 0 Å². The quantitative estimate of drug-likeness (QED) is 0.653. The molecule has 0 heterocycles. The number of halogens is 2. The molecule has 1 N–H and O–H groups in total. The number of likely N-dealkylation sites (N-methyl/N-ethyl adjacent to an activating group) is 1. The molecule has 0 fully saturated rings. The number of rotatable bonds is 9. The number of hydrogen-bond donors (Lipinski definition) is 1. The highest BCUT2D eigenvalue weighted by Crippen LogP contribution is 2.13. The van der Waals surface area contributed by atoms with Crippen LogP contribution in [0.2, 0.25) is 0 Å². The maximum absolute atomic E-state index is 13.2. The minimum absolute atomic E-state index is 0.308. The fraction of sp³-hybridized carbons (Fsp3) is 0.625. The van der Waals surface area contributed by atoms with Gasteiger partial charge in [0.25, 0.3) is 0 Å². The van der Waals surface area contributed by atoms with E-state index in [4.69, 9.17) is 0 Å². The van der Waals surface area contributed by atoms with Crippen LogP contribution in [-0.2, 0) is 6.42 Å². The van der Waals surface area contributed by atoms with Gasteiger partial charge in [-0.3, -0.25) is 0 Å². The number of benzene rings is 1. The highest BCUT2D eigenvalue weighted by atomic mass is 19.1. The van der Waals surface area contributed by atoms with E-state index in [1.807, 2.05) is 0 Å². The van der Waals surface area contributed by atoms with Crippen molar-refractivity contribution in [3.63, 3.8) is 0 Å². The molecule has 1 aromatic carbocycles. The van der Waals surface area contributed by atoms with E-state index in [0.717, 1.165) is 24.6 Å². The molecule has 0 aliphatic rings. The van der Waals surface area contributed by atoms with Gasteiger partial charge in [0.05, 0.1) is 0 Å². The minimum Gasteiger partial charge on any atom is -0.314 e. The molecule has 1 unspecified atom stereocenters. The zero-order chi connectivity index (χ0) is 14.1. The van der Waals surface area contributed by atoms with Crippen LogP contribution in [0, 0.1) is 11.6 Å². The summed E-state index contributed by atoms with van der Waals surface area (Å²) in [6, 6.07) is 4.09. The fourth-order valence-corrected chi connectivity index (χ4v) is 2.40. The van der Waals surface area contributed by atoms with E-state index >= 15 is 0 Å². The first-order valence-electron chi connectivity index (χ1n) is 7.34. The third-order valence-corrected chi connectivity index (χ3v) is 3.30. The Morgan fingerprint density at radius 1 is 1.00 bits per heavy atom. The second-order valence-electron chi connectivity index (χ2n) is 5.09. The molecule has 19 heavy (non-hydrogen) atoms. The van der Waals surface area contributed by atoms with Crippen molar-refractivity contribution >= 4 is 0 Å². The first-order chi connectivity index (χ1) is 9.15. The smallest absolute Gasteiger partial charge is 0.126 e. The van der Waals surface area contributed by atoms with Crippen LogP contribution in [0.1, 0.15) is 51.5 Å². The molecule has 1 aromatic rings. The Morgan fingerprint density at radius 2 is 1.68 bits per heavy atom. The highest BCUT2D eigenvalue weighted by molar-refractivity contribution is 5.18. The van der Waals surface area contributed by atoms with Gasteiger partial charge in [-0.25, -0.2) is 8.78 Å². The van der Waals surface area contributed by atoms with Crippen LogP contribution in [0.5, 0.6) is 0 Å². The van der Waals surface area contributed by atoms with E-state index in [-0.39, 0.29) is 0 Å². The summed E-state index contributed by atoms with van der Waals surface area (Å²) >= 11 is 0. The first-order valence-corrected chi connectivity index (χ1v) is 7.34. The summed E-state index contributed by atoms with van der Waals surface area (Å²) in [6.45, 7) is 5.14. The van der Waals surface area contributed by atoms with E-state index in [0.29, 0.717) is 12.5 Å². The molecular formula is C16H25F2N. The molecule has 0 saturated carbocycles. The fourth-order valence-electron chi connectivity index (χ4n) is 2.40. The molecule has 0 saturated heterocycles. The molecule has 0 bridgehead atoms. The molecule has 0 aliphatic heterocycles. The van der Waals surface area contributed by atoms with E-state index in [2.05, 4.69) is 19.2 Å². The second kappa shape index (κ2) is 9.03. The van der Waals surface area contributed by atoms with Crippen molar-refractivity contribution in [1.82, 2.24) is 5.32 Å². The molecule has 108 valence electrons. The van der Waals surface area contributed by atoms with Crippen LogP contribution in [0.15, 0.2) is 18.2 Å². The summed E-state index contributed by atoms with van der Waals surface area (Å²) in [4.78, 5) is 0. The SMILES string of the molecule is CCCCCCC(Cc1cc(F)cc(F)c1)NCC. The molecular weight excluding hydrogens is 244 g/mol. The predicted molar refractivity (Wildman–Crippen MR) is 76.3 cm³/mol. The van der Waals surface area contributed by atoms with Crippen LogP contribution in [-0.4, -0.2) is 12.6 Å². The Balaban J connectivity index is 2.51.